The molecular weight excluding hydrogens is 242 g/mol. The van der Waals surface area contributed by atoms with Crippen LogP contribution in [-0.4, -0.2) is 26.9 Å². The van der Waals surface area contributed by atoms with Crippen molar-refractivity contribution in [2.45, 2.75) is 77.0 Å². The topological polar surface area (TPSA) is 38.3 Å². The molecule has 0 saturated carbocycles. The summed E-state index contributed by atoms with van der Waals surface area (Å²) in [6.45, 7) is 14.4. The van der Waals surface area contributed by atoms with E-state index >= 15 is 0 Å². The van der Waals surface area contributed by atoms with Gasteiger partial charge in [-0.15, -0.1) is 0 Å². The van der Waals surface area contributed by atoms with Crippen molar-refractivity contribution in [3.63, 3.8) is 0 Å². The molecule has 1 aliphatic rings. The van der Waals surface area contributed by atoms with Crippen molar-refractivity contribution in [1.82, 2.24) is 5.32 Å². The first-order valence-corrected chi connectivity index (χ1v) is 9.38. The van der Waals surface area contributed by atoms with Crippen LogP contribution in [0.5, 0.6) is 0 Å². The van der Waals surface area contributed by atoms with Gasteiger partial charge in [-0.25, -0.2) is 0 Å². The zero-order valence-corrected chi connectivity index (χ0v) is 13.7. The smallest absolute Gasteiger partial charge is 0.220 e. The average molecular weight is 271 g/mol. The minimum absolute atomic E-state index is 0.175. The summed E-state index contributed by atoms with van der Waals surface area (Å²) in [4.78, 5) is 11.2. The molecule has 1 saturated heterocycles. The Morgan fingerprint density at radius 2 is 1.67 bits per heavy atom. The van der Waals surface area contributed by atoms with Crippen molar-refractivity contribution in [2.75, 3.05) is 6.61 Å². The second-order valence-electron chi connectivity index (χ2n) is 6.43. The van der Waals surface area contributed by atoms with Gasteiger partial charge in [-0.05, 0) is 23.0 Å². The van der Waals surface area contributed by atoms with Gasteiger partial charge in [0.15, 0.2) is 8.32 Å². The fraction of sp³-hybridized carbons (Fsp3) is 0.929. The first kappa shape index (κ1) is 15.7. The molecule has 106 valence electrons. The lowest BCUT2D eigenvalue weighted by Crippen LogP contribution is -2.50. The molecule has 0 radical (unpaired) electrons. The molecule has 0 aromatic carbocycles. The van der Waals surface area contributed by atoms with Gasteiger partial charge >= 0.3 is 0 Å². The molecule has 3 nitrogen and oxygen atoms in total. The van der Waals surface area contributed by atoms with Gasteiger partial charge in [0.25, 0.3) is 0 Å². The number of hydrogen-bond donors (Lipinski definition) is 1. The molecule has 1 N–H and O–H groups in total. The maximum atomic E-state index is 11.2. The summed E-state index contributed by atoms with van der Waals surface area (Å²) in [5, 5.41) is 3.00. The van der Waals surface area contributed by atoms with E-state index in [0.717, 1.165) is 6.42 Å². The Morgan fingerprint density at radius 1 is 1.17 bits per heavy atom. The van der Waals surface area contributed by atoms with Gasteiger partial charge in [-0.1, -0.05) is 41.5 Å². The molecule has 0 spiro atoms. The van der Waals surface area contributed by atoms with Gasteiger partial charge in [0, 0.05) is 6.42 Å². The second-order valence-corrected chi connectivity index (χ2v) is 11.9. The minimum atomic E-state index is -1.77. The first-order valence-electron chi connectivity index (χ1n) is 7.24. The van der Waals surface area contributed by atoms with Crippen LogP contribution in [0.25, 0.3) is 0 Å². The van der Waals surface area contributed by atoms with Crippen molar-refractivity contribution in [1.29, 1.82) is 0 Å². The van der Waals surface area contributed by atoms with E-state index in [1.165, 1.54) is 0 Å². The lowest BCUT2D eigenvalue weighted by atomic mass is 10.2. The molecule has 1 heterocycles. The van der Waals surface area contributed by atoms with E-state index in [9.17, 15) is 4.79 Å². The molecule has 18 heavy (non-hydrogen) atoms. The molecular formula is C14H29NO2Si. The van der Waals surface area contributed by atoms with E-state index in [1.807, 2.05) is 0 Å². The van der Waals surface area contributed by atoms with Crippen molar-refractivity contribution in [3.8, 4) is 0 Å². The van der Waals surface area contributed by atoms with Crippen molar-refractivity contribution >= 4 is 14.2 Å². The Morgan fingerprint density at radius 3 is 2.00 bits per heavy atom. The quantitative estimate of drug-likeness (QED) is 0.751. The maximum Gasteiger partial charge on any atom is 0.220 e. The Bertz CT molecular complexity index is 268. The van der Waals surface area contributed by atoms with Crippen LogP contribution in [0.4, 0.5) is 0 Å². The van der Waals surface area contributed by atoms with E-state index < -0.39 is 8.32 Å². The Balaban J connectivity index is 2.69. The fourth-order valence-electron chi connectivity index (χ4n) is 3.55. The summed E-state index contributed by atoms with van der Waals surface area (Å²) >= 11 is 0. The Hall–Kier alpha value is -0.353. The van der Waals surface area contributed by atoms with Crippen molar-refractivity contribution in [3.05, 3.63) is 0 Å². The van der Waals surface area contributed by atoms with E-state index in [0.29, 0.717) is 29.7 Å². The van der Waals surface area contributed by atoms with E-state index in [1.54, 1.807) is 0 Å². The van der Waals surface area contributed by atoms with Crippen LogP contribution in [-0.2, 0) is 9.22 Å². The number of carbonyl (C=O) groups is 1. The fourth-order valence-corrected chi connectivity index (χ4v) is 9.04. The van der Waals surface area contributed by atoms with Gasteiger partial charge in [0.2, 0.25) is 5.91 Å². The average Bonchev–Trinajstić information content (AvgIpc) is 2.63. The van der Waals surface area contributed by atoms with Gasteiger partial charge in [0.1, 0.15) is 0 Å². The number of amides is 1. The van der Waals surface area contributed by atoms with E-state index in [2.05, 4.69) is 46.9 Å². The van der Waals surface area contributed by atoms with Crippen molar-refractivity contribution in [2.24, 2.45) is 0 Å². The molecule has 4 heteroatoms. The van der Waals surface area contributed by atoms with Crippen LogP contribution >= 0.6 is 0 Å². The van der Waals surface area contributed by atoms with Gasteiger partial charge in [-0.2, -0.15) is 0 Å². The molecule has 0 bridgehead atoms. The third kappa shape index (κ3) is 3.15. The van der Waals surface area contributed by atoms with E-state index in [4.69, 9.17) is 4.43 Å². The number of carbonyl (C=O) groups excluding carboxylic acids is 1. The maximum absolute atomic E-state index is 11.2. The lowest BCUT2D eigenvalue weighted by Gasteiger charge is -2.42. The predicted molar refractivity (Wildman–Crippen MR) is 78.2 cm³/mol. The van der Waals surface area contributed by atoms with Gasteiger partial charge < -0.3 is 9.74 Å². The zero-order valence-electron chi connectivity index (χ0n) is 12.7. The van der Waals surface area contributed by atoms with Gasteiger partial charge in [-0.3, -0.25) is 4.79 Å². The third-order valence-electron chi connectivity index (χ3n) is 4.33. The highest BCUT2D eigenvalue weighted by Gasteiger charge is 2.45. The highest BCUT2D eigenvalue weighted by atomic mass is 28.4. The van der Waals surface area contributed by atoms with Crippen LogP contribution in [0.3, 0.4) is 0 Å². The van der Waals surface area contributed by atoms with Crippen LogP contribution in [0.15, 0.2) is 0 Å². The number of rotatable bonds is 6. The SMILES string of the molecule is CC(C)[Si](OC[C@@H]1CCC(=O)N1)(C(C)C)C(C)C. The normalized spacial score (nSPS) is 21.2. The van der Waals surface area contributed by atoms with Crippen LogP contribution in [0, 0.1) is 0 Å². The molecule has 0 aromatic heterocycles. The lowest BCUT2D eigenvalue weighted by molar-refractivity contribution is -0.119. The standard InChI is InChI=1S/C14H29NO2Si/c1-10(2)18(11(3)4,12(5)6)17-9-13-7-8-14(16)15-13/h10-13H,7-9H2,1-6H3,(H,15,16)/t13-/m0/s1. The monoisotopic (exact) mass is 271 g/mol. The van der Waals surface area contributed by atoms with Crippen LogP contribution in [0.2, 0.25) is 16.6 Å². The zero-order chi connectivity index (χ0) is 13.9. The minimum Gasteiger partial charge on any atom is -0.414 e. The summed E-state index contributed by atoms with van der Waals surface area (Å²) < 4.78 is 6.47. The molecule has 1 rings (SSSR count). The van der Waals surface area contributed by atoms with Crippen molar-refractivity contribution < 1.29 is 9.22 Å². The van der Waals surface area contributed by atoms with Crippen LogP contribution in [0.1, 0.15) is 54.4 Å². The number of hydrogen-bond acceptors (Lipinski definition) is 2. The predicted octanol–water partition coefficient (Wildman–Crippen LogP) is 3.46. The molecule has 0 aromatic rings. The largest absolute Gasteiger partial charge is 0.414 e. The second kappa shape index (κ2) is 6.20. The summed E-state index contributed by atoms with van der Waals surface area (Å²) in [6.07, 6.45) is 1.59. The summed E-state index contributed by atoms with van der Waals surface area (Å²) in [7, 11) is -1.77. The Kier molecular flexibility index (Phi) is 5.41. The van der Waals surface area contributed by atoms with Gasteiger partial charge in [0.05, 0.1) is 12.6 Å². The molecule has 1 aliphatic heterocycles. The third-order valence-corrected chi connectivity index (χ3v) is 10.4. The molecule has 0 aliphatic carbocycles. The van der Waals surface area contributed by atoms with Crippen LogP contribution < -0.4 is 5.32 Å². The molecule has 1 atom stereocenters. The highest BCUT2D eigenvalue weighted by molar-refractivity contribution is 6.77. The first-order chi connectivity index (χ1) is 8.30. The summed E-state index contributed by atoms with van der Waals surface area (Å²) in [5.74, 6) is 0.175. The molecule has 1 fully saturated rings. The van der Waals surface area contributed by atoms with E-state index in [-0.39, 0.29) is 11.9 Å². The summed E-state index contributed by atoms with van der Waals surface area (Å²) in [6, 6.07) is 0.237. The molecule has 0 unspecified atom stereocenters. The number of nitrogens with one attached hydrogen (secondary N) is 1. The summed E-state index contributed by atoms with van der Waals surface area (Å²) in [5.41, 5.74) is 1.82. The highest BCUT2D eigenvalue weighted by Crippen LogP contribution is 2.42. The Labute approximate surface area is 113 Å². The molecule has 1 amide bonds.